The Morgan fingerprint density at radius 3 is 2.83 bits per heavy atom. The Balaban J connectivity index is 2.58. The Bertz CT molecular complexity index is 661. The zero-order valence-electron chi connectivity index (χ0n) is 8.71. The fourth-order valence-corrected chi connectivity index (χ4v) is 1.91. The van der Waals surface area contributed by atoms with Gasteiger partial charge in [-0.3, -0.25) is 4.79 Å². The van der Waals surface area contributed by atoms with E-state index in [0.29, 0.717) is 15.4 Å². The topological polar surface area (TPSA) is 66.0 Å². The predicted molar refractivity (Wildman–Crippen MR) is 63.3 cm³/mol. The highest BCUT2D eigenvalue weighted by atomic mass is 79.9. The zero-order chi connectivity index (χ0) is 13.3. The Kier molecular flexibility index (Phi) is 3.30. The number of fused-ring (bicyclic) bond motifs is 1. The summed E-state index contributed by atoms with van der Waals surface area (Å²) in [4.78, 5) is 11.0. The fourth-order valence-electron chi connectivity index (χ4n) is 1.47. The summed E-state index contributed by atoms with van der Waals surface area (Å²) < 4.78 is 30.2. The molecule has 1 aromatic heterocycles. The van der Waals surface area contributed by atoms with Crippen molar-refractivity contribution in [1.82, 2.24) is 0 Å². The van der Waals surface area contributed by atoms with E-state index in [2.05, 4.69) is 15.9 Å². The van der Waals surface area contributed by atoms with Crippen molar-refractivity contribution in [3.8, 4) is 6.07 Å². The minimum absolute atomic E-state index is 0.0425. The molecular formula is C11H5BrF2N2O2. The first-order chi connectivity index (χ1) is 8.54. The lowest BCUT2D eigenvalue weighted by Gasteiger charge is -2.01. The molecule has 4 nitrogen and oxygen atoms in total. The maximum Gasteiger partial charge on any atom is 0.315 e. The molecule has 0 aliphatic heterocycles. The number of benzene rings is 1. The number of halogens is 3. The van der Waals surface area contributed by atoms with Gasteiger partial charge in [0, 0.05) is 5.39 Å². The molecule has 1 heterocycles. The van der Waals surface area contributed by atoms with Crippen LogP contribution >= 0.6 is 15.9 Å². The number of nitrogens with one attached hydrogen (secondary N) is 1. The van der Waals surface area contributed by atoms with Gasteiger partial charge in [0.05, 0.1) is 4.47 Å². The van der Waals surface area contributed by atoms with E-state index in [-0.39, 0.29) is 11.4 Å². The summed E-state index contributed by atoms with van der Waals surface area (Å²) in [7, 11) is 0. The molecule has 0 radical (unpaired) electrons. The third-order valence-corrected chi connectivity index (χ3v) is 2.84. The van der Waals surface area contributed by atoms with Crippen LogP contribution < -0.4 is 5.32 Å². The highest BCUT2D eigenvalue weighted by Crippen LogP contribution is 2.34. The summed E-state index contributed by atoms with van der Waals surface area (Å²) in [5.41, 5.74) is 0.276. The van der Waals surface area contributed by atoms with Crippen LogP contribution in [-0.4, -0.2) is 12.3 Å². The van der Waals surface area contributed by atoms with E-state index >= 15 is 0 Å². The smallest absolute Gasteiger partial charge is 0.315 e. The Labute approximate surface area is 108 Å². The van der Waals surface area contributed by atoms with Crippen LogP contribution in [0.25, 0.3) is 11.0 Å². The Hall–Kier alpha value is -1.94. The van der Waals surface area contributed by atoms with Crippen LogP contribution in [0.4, 0.5) is 14.5 Å². The fraction of sp³-hybridized carbons (Fsp3) is 0.0909. The first-order valence-corrected chi connectivity index (χ1v) is 5.54. The molecule has 18 heavy (non-hydrogen) atoms. The van der Waals surface area contributed by atoms with Gasteiger partial charge in [0.15, 0.2) is 5.58 Å². The molecule has 0 saturated carbocycles. The molecule has 1 amide bonds. The van der Waals surface area contributed by atoms with Gasteiger partial charge in [-0.25, -0.2) is 0 Å². The van der Waals surface area contributed by atoms with Gasteiger partial charge in [-0.15, -0.1) is 0 Å². The van der Waals surface area contributed by atoms with Gasteiger partial charge in [0.2, 0.25) is 5.76 Å². The van der Waals surface area contributed by atoms with Crippen molar-refractivity contribution in [3.05, 3.63) is 28.4 Å². The molecule has 0 bridgehead atoms. The minimum Gasteiger partial charge on any atom is -0.442 e. The summed E-state index contributed by atoms with van der Waals surface area (Å²) in [6, 6.07) is 6.58. The van der Waals surface area contributed by atoms with Crippen LogP contribution in [0.15, 0.2) is 27.1 Å². The molecular weight excluding hydrogens is 310 g/mol. The summed E-state index contributed by atoms with van der Waals surface area (Å²) >= 11 is 3.20. The van der Waals surface area contributed by atoms with E-state index in [4.69, 9.17) is 9.68 Å². The van der Waals surface area contributed by atoms with Gasteiger partial charge in [-0.1, -0.05) is 6.07 Å². The zero-order valence-corrected chi connectivity index (χ0v) is 10.3. The number of amides is 1. The van der Waals surface area contributed by atoms with Crippen LogP contribution in [0.1, 0.15) is 5.76 Å². The van der Waals surface area contributed by atoms with Gasteiger partial charge < -0.3 is 9.73 Å². The maximum atomic E-state index is 12.2. The van der Waals surface area contributed by atoms with Crippen molar-refractivity contribution in [2.75, 3.05) is 5.32 Å². The van der Waals surface area contributed by atoms with Crippen molar-refractivity contribution < 1.29 is 18.0 Å². The van der Waals surface area contributed by atoms with Crippen LogP contribution in [0.2, 0.25) is 0 Å². The second-order valence-corrected chi connectivity index (χ2v) is 4.18. The number of hydrogen-bond acceptors (Lipinski definition) is 3. The van der Waals surface area contributed by atoms with Crippen LogP contribution in [0.5, 0.6) is 0 Å². The number of anilines is 1. The number of para-hydroxylation sites is 1. The van der Waals surface area contributed by atoms with Crippen LogP contribution in [-0.2, 0) is 4.79 Å². The number of rotatable bonds is 2. The lowest BCUT2D eigenvalue weighted by atomic mass is 10.2. The lowest BCUT2D eigenvalue weighted by molar-refractivity contribution is -0.126. The molecule has 2 aromatic rings. The molecule has 1 aromatic carbocycles. The van der Waals surface area contributed by atoms with Crippen molar-refractivity contribution >= 4 is 38.5 Å². The highest BCUT2D eigenvalue weighted by Gasteiger charge is 2.22. The van der Waals surface area contributed by atoms with Gasteiger partial charge in [0.25, 0.3) is 5.91 Å². The molecule has 92 valence electrons. The first-order valence-electron chi connectivity index (χ1n) is 4.74. The minimum atomic E-state index is -3.16. The quantitative estimate of drug-likeness (QED) is 0.925. The largest absolute Gasteiger partial charge is 0.442 e. The van der Waals surface area contributed by atoms with Gasteiger partial charge in [0.1, 0.15) is 11.8 Å². The lowest BCUT2D eigenvalue weighted by Crippen LogP contribution is -2.20. The number of nitrogens with zero attached hydrogens (tertiary/aromatic N) is 1. The maximum absolute atomic E-state index is 12.2. The van der Waals surface area contributed by atoms with E-state index in [9.17, 15) is 13.6 Å². The normalized spacial score (nSPS) is 10.6. The van der Waals surface area contributed by atoms with E-state index < -0.39 is 12.3 Å². The average molecular weight is 315 g/mol. The third kappa shape index (κ3) is 2.07. The van der Waals surface area contributed by atoms with Crippen LogP contribution in [0.3, 0.4) is 0 Å². The molecule has 0 atom stereocenters. The first kappa shape index (κ1) is 12.5. The summed E-state index contributed by atoms with van der Waals surface area (Å²) in [5, 5.41) is 11.2. The molecule has 0 saturated heterocycles. The van der Waals surface area contributed by atoms with Gasteiger partial charge >= 0.3 is 6.43 Å². The molecule has 0 spiro atoms. The molecule has 0 aliphatic carbocycles. The van der Waals surface area contributed by atoms with Crippen molar-refractivity contribution in [3.63, 3.8) is 0 Å². The molecule has 7 heteroatoms. The van der Waals surface area contributed by atoms with Crippen molar-refractivity contribution in [2.45, 2.75) is 6.43 Å². The van der Waals surface area contributed by atoms with E-state index in [1.807, 2.05) is 5.32 Å². The van der Waals surface area contributed by atoms with E-state index in [0.717, 1.165) is 0 Å². The second kappa shape index (κ2) is 4.74. The number of carbonyl (C=O) groups excluding carboxylic acids is 1. The number of furan rings is 1. The predicted octanol–water partition coefficient (Wildman–Crippen LogP) is 3.27. The van der Waals surface area contributed by atoms with Crippen molar-refractivity contribution in [2.24, 2.45) is 0 Å². The molecule has 2 rings (SSSR count). The summed E-state index contributed by atoms with van der Waals surface area (Å²) in [6.45, 7) is 0. The molecule has 0 unspecified atom stereocenters. The number of nitriles is 1. The molecule has 0 fully saturated rings. The highest BCUT2D eigenvalue weighted by molar-refractivity contribution is 9.10. The van der Waals surface area contributed by atoms with Gasteiger partial charge in [-0.05, 0) is 28.1 Å². The third-order valence-electron chi connectivity index (χ3n) is 2.22. The Morgan fingerprint density at radius 2 is 2.22 bits per heavy atom. The van der Waals surface area contributed by atoms with Gasteiger partial charge in [-0.2, -0.15) is 14.0 Å². The Morgan fingerprint density at radius 1 is 1.50 bits per heavy atom. The SMILES string of the molecule is N#Cc1oc2c(Br)cccc2c1NC(=O)C(F)F. The monoisotopic (exact) mass is 314 g/mol. The van der Waals surface area contributed by atoms with E-state index in [1.165, 1.54) is 0 Å². The molecule has 0 aliphatic rings. The van der Waals surface area contributed by atoms with E-state index in [1.54, 1.807) is 24.3 Å². The molecule has 1 N–H and O–H groups in total. The number of hydrogen-bond donors (Lipinski definition) is 1. The number of alkyl halides is 2. The number of carbonyl (C=O) groups is 1. The summed E-state index contributed by atoms with van der Waals surface area (Å²) in [5.74, 6) is -1.69. The standard InChI is InChI=1S/C11H5BrF2N2O2/c12-6-3-1-2-5-8(16-11(17)10(13)14)7(4-15)18-9(5)6/h1-3,10H,(H,16,17). The van der Waals surface area contributed by atoms with Crippen molar-refractivity contribution in [1.29, 1.82) is 5.26 Å². The van der Waals surface area contributed by atoms with Crippen LogP contribution in [0, 0.1) is 11.3 Å². The average Bonchev–Trinajstić information content (AvgIpc) is 2.69. The summed E-state index contributed by atoms with van der Waals surface area (Å²) in [6.07, 6.45) is -3.16. The second-order valence-electron chi connectivity index (χ2n) is 3.32.